The Kier molecular flexibility index (Phi) is 3.30. The first-order chi connectivity index (χ1) is 6.56. The van der Waals surface area contributed by atoms with Crippen molar-refractivity contribution in [3.8, 4) is 5.75 Å². The van der Waals surface area contributed by atoms with E-state index < -0.39 is 12.1 Å². The Morgan fingerprint density at radius 2 is 2.29 bits per heavy atom. The van der Waals surface area contributed by atoms with Gasteiger partial charge in [0, 0.05) is 5.56 Å². The Morgan fingerprint density at radius 1 is 1.64 bits per heavy atom. The van der Waals surface area contributed by atoms with Crippen LogP contribution in [-0.4, -0.2) is 18.2 Å². The van der Waals surface area contributed by atoms with Crippen LogP contribution < -0.4 is 4.74 Å². The lowest BCUT2D eigenvalue weighted by atomic mass is 10.1. The van der Waals surface area contributed by atoms with Gasteiger partial charge in [0.25, 0.3) is 0 Å². The quantitative estimate of drug-likeness (QED) is 0.848. The molecule has 0 fully saturated rings. The summed E-state index contributed by atoms with van der Waals surface area (Å²) < 4.78 is 17.9. The number of rotatable bonds is 3. The second-order valence-electron chi connectivity index (χ2n) is 2.59. The molecule has 3 nitrogen and oxygen atoms in total. The van der Waals surface area contributed by atoms with E-state index in [1.165, 1.54) is 25.3 Å². The molecule has 0 radical (unpaired) electrons. The lowest BCUT2D eigenvalue weighted by Crippen LogP contribution is -2.06. The number of halogens is 2. The molecule has 1 aromatic carbocycles. The van der Waals surface area contributed by atoms with E-state index >= 15 is 0 Å². The maximum Gasteiger partial charge on any atom is 0.343 e. The molecule has 0 aliphatic heterocycles. The number of hydrogen-bond donors (Lipinski definition) is 1. The summed E-state index contributed by atoms with van der Waals surface area (Å²) in [5.41, 5.74) is -0.0695. The van der Waals surface area contributed by atoms with E-state index in [9.17, 15) is 9.18 Å². The topological polar surface area (TPSA) is 46.5 Å². The number of carboxylic acid groups (broad SMARTS) is 1. The van der Waals surface area contributed by atoms with Gasteiger partial charge in [0.15, 0.2) is 0 Å². The van der Waals surface area contributed by atoms with Gasteiger partial charge in [-0.15, -0.1) is 0 Å². The van der Waals surface area contributed by atoms with Crippen molar-refractivity contribution in [2.24, 2.45) is 0 Å². The van der Waals surface area contributed by atoms with E-state index in [2.05, 4.69) is 0 Å². The summed E-state index contributed by atoms with van der Waals surface area (Å²) in [6.07, 6.45) is -2.10. The average Bonchev–Trinajstić information content (AvgIpc) is 2.16. The van der Waals surface area contributed by atoms with E-state index in [0.29, 0.717) is 5.75 Å². The summed E-state index contributed by atoms with van der Waals surface area (Å²) in [6, 6.07) is 4.11. The minimum absolute atomic E-state index is 0.0410. The lowest BCUT2D eigenvalue weighted by Gasteiger charge is -2.07. The molecule has 76 valence electrons. The molecule has 1 unspecified atom stereocenters. The van der Waals surface area contributed by atoms with Crippen molar-refractivity contribution in [2.45, 2.75) is 6.17 Å². The van der Waals surface area contributed by atoms with Crippen molar-refractivity contribution in [3.05, 3.63) is 28.8 Å². The largest absolute Gasteiger partial charge is 0.497 e. The molecule has 5 heteroatoms. The molecule has 0 spiro atoms. The van der Waals surface area contributed by atoms with Crippen molar-refractivity contribution in [1.82, 2.24) is 0 Å². The number of benzene rings is 1. The lowest BCUT2D eigenvalue weighted by molar-refractivity contribution is -0.143. The Balaban J connectivity index is 3.05. The molecular formula is C9H8ClFO3. The van der Waals surface area contributed by atoms with Gasteiger partial charge in [-0.3, -0.25) is 0 Å². The summed E-state index contributed by atoms with van der Waals surface area (Å²) in [5.74, 6) is -1.10. The van der Waals surface area contributed by atoms with Crippen molar-refractivity contribution in [3.63, 3.8) is 0 Å². The molecule has 0 aliphatic rings. The number of ether oxygens (including phenoxy) is 1. The molecule has 1 aromatic rings. The predicted molar refractivity (Wildman–Crippen MR) is 49.5 cm³/mol. The first-order valence-electron chi connectivity index (χ1n) is 3.76. The fraction of sp³-hybridized carbons (Fsp3) is 0.222. The van der Waals surface area contributed by atoms with E-state index in [0.717, 1.165) is 0 Å². The summed E-state index contributed by atoms with van der Waals surface area (Å²) in [5, 5.41) is 8.46. The molecule has 0 bridgehead atoms. The van der Waals surface area contributed by atoms with Crippen molar-refractivity contribution >= 4 is 17.6 Å². The van der Waals surface area contributed by atoms with Gasteiger partial charge in [0.2, 0.25) is 6.17 Å². The second kappa shape index (κ2) is 4.28. The van der Waals surface area contributed by atoms with Gasteiger partial charge in [-0.1, -0.05) is 17.7 Å². The summed E-state index contributed by atoms with van der Waals surface area (Å²) in [6.45, 7) is 0. The van der Waals surface area contributed by atoms with Crippen LogP contribution in [0.1, 0.15) is 11.7 Å². The average molecular weight is 219 g/mol. The normalized spacial score (nSPS) is 12.2. The Bertz CT molecular complexity index is 354. The third-order valence-corrected chi connectivity index (χ3v) is 2.02. The van der Waals surface area contributed by atoms with Crippen molar-refractivity contribution < 1.29 is 19.0 Å². The molecule has 0 amide bonds. The fourth-order valence-electron chi connectivity index (χ4n) is 0.973. The van der Waals surface area contributed by atoms with Gasteiger partial charge in [-0.05, 0) is 12.1 Å². The predicted octanol–water partition coefficient (Wildman–Crippen LogP) is 2.44. The highest BCUT2D eigenvalue weighted by Crippen LogP contribution is 2.29. The van der Waals surface area contributed by atoms with Crippen molar-refractivity contribution in [2.75, 3.05) is 7.11 Å². The standard InChI is InChI=1S/C9H8ClFO3/c1-14-5-2-3-6(7(10)4-5)8(11)9(12)13/h2-4,8H,1H3,(H,12,13). The van der Waals surface area contributed by atoms with Gasteiger partial charge in [0.05, 0.1) is 12.1 Å². The highest BCUT2D eigenvalue weighted by Gasteiger charge is 2.21. The highest BCUT2D eigenvalue weighted by molar-refractivity contribution is 6.31. The molecular weight excluding hydrogens is 211 g/mol. The SMILES string of the molecule is COc1ccc(C(F)C(=O)O)c(Cl)c1. The minimum atomic E-state index is -2.10. The first kappa shape index (κ1) is 10.8. The molecule has 0 heterocycles. The molecule has 0 aliphatic carbocycles. The summed E-state index contributed by atoms with van der Waals surface area (Å²) in [7, 11) is 1.44. The van der Waals surface area contributed by atoms with Gasteiger partial charge < -0.3 is 9.84 Å². The second-order valence-corrected chi connectivity index (χ2v) is 3.00. The number of aliphatic carboxylic acids is 1. The van der Waals surface area contributed by atoms with Gasteiger partial charge in [0.1, 0.15) is 5.75 Å². The zero-order valence-corrected chi connectivity index (χ0v) is 8.08. The van der Waals surface area contributed by atoms with Crippen LogP contribution in [-0.2, 0) is 4.79 Å². The first-order valence-corrected chi connectivity index (χ1v) is 4.14. The number of carbonyl (C=O) groups is 1. The van der Waals surface area contributed by atoms with Crippen LogP contribution in [0.5, 0.6) is 5.75 Å². The maximum absolute atomic E-state index is 13.0. The van der Waals surface area contributed by atoms with Crippen LogP contribution in [0.2, 0.25) is 5.02 Å². The number of hydrogen-bond acceptors (Lipinski definition) is 2. The molecule has 1 N–H and O–H groups in total. The van der Waals surface area contributed by atoms with Crippen LogP contribution in [0.15, 0.2) is 18.2 Å². The van der Waals surface area contributed by atoms with Crippen LogP contribution >= 0.6 is 11.6 Å². The third kappa shape index (κ3) is 2.14. The van der Waals surface area contributed by atoms with E-state index in [-0.39, 0.29) is 10.6 Å². The smallest absolute Gasteiger partial charge is 0.343 e. The molecule has 0 aromatic heterocycles. The Labute approximate surface area is 85.1 Å². The number of alkyl halides is 1. The van der Waals surface area contributed by atoms with Crippen LogP contribution in [0.25, 0.3) is 0 Å². The number of methoxy groups -OCH3 is 1. The zero-order valence-electron chi connectivity index (χ0n) is 7.33. The molecule has 1 atom stereocenters. The monoisotopic (exact) mass is 218 g/mol. The molecule has 0 saturated carbocycles. The van der Waals surface area contributed by atoms with E-state index in [1.807, 2.05) is 0 Å². The number of carboxylic acids is 1. The van der Waals surface area contributed by atoms with Crippen LogP contribution in [0.4, 0.5) is 4.39 Å². The van der Waals surface area contributed by atoms with E-state index in [1.54, 1.807) is 0 Å². The zero-order chi connectivity index (χ0) is 10.7. The third-order valence-electron chi connectivity index (χ3n) is 1.70. The van der Waals surface area contributed by atoms with Crippen molar-refractivity contribution in [1.29, 1.82) is 0 Å². The minimum Gasteiger partial charge on any atom is -0.497 e. The van der Waals surface area contributed by atoms with Crippen LogP contribution in [0.3, 0.4) is 0 Å². The van der Waals surface area contributed by atoms with Gasteiger partial charge >= 0.3 is 5.97 Å². The van der Waals surface area contributed by atoms with E-state index in [4.69, 9.17) is 21.4 Å². The fourth-order valence-corrected chi connectivity index (χ4v) is 1.24. The van der Waals surface area contributed by atoms with Gasteiger partial charge in [-0.25, -0.2) is 9.18 Å². The molecule has 1 rings (SSSR count). The summed E-state index contributed by atoms with van der Waals surface area (Å²) >= 11 is 5.66. The van der Waals surface area contributed by atoms with Gasteiger partial charge in [-0.2, -0.15) is 0 Å². The molecule has 14 heavy (non-hydrogen) atoms. The maximum atomic E-state index is 13.0. The van der Waals surface area contributed by atoms with Crippen LogP contribution in [0, 0.1) is 0 Å². The Morgan fingerprint density at radius 3 is 2.71 bits per heavy atom. The summed E-state index contributed by atoms with van der Waals surface area (Å²) in [4.78, 5) is 10.3. The molecule has 0 saturated heterocycles. The highest BCUT2D eigenvalue weighted by atomic mass is 35.5. The Hall–Kier alpha value is -1.29.